The van der Waals surface area contributed by atoms with Crippen LogP contribution in [0.4, 0.5) is 0 Å². The molecule has 0 aliphatic heterocycles. The Bertz CT molecular complexity index is 415. The molecule has 1 unspecified atom stereocenters. The quantitative estimate of drug-likeness (QED) is 0.765. The van der Waals surface area contributed by atoms with Crippen molar-refractivity contribution in [2.24, 2.45) is 11.8 Å². The van der Waals surface area contributed by atoms with Crippen LogP contribution in [-0.2, 0) is 4.79 Å². The Kier molecular flexibility index (Phi) is 11.7. The smallest absolute Gasteiger partial charge is 0.138 e. The lowest BCUT2D eigenvalue weighted by atomic mass is 9.94. The zero-order valence-electron chi connectivity index (χ0n) is 16.3. The van der Waals surface area contributed by atoms with Gasteiger partial charge in [-0.1, -0.05) is 64.4 Å². The lowest BCUT2D eigenvalue weighted by molar-refractivity contribution is -0.118. The number of carbonyl (C=O) groups excluding carboxylic acids is 1. The van der Waals surface area contributed by atoms with E-state index in [0.29, 0.717) is 0 Å². The van der Waals surface area contributed by atoms with Crippen LogP contribution in [0.1, 0.15) is 71.4 Å². The molecule has 23 heavy (non-hydrogen) atoms. The van der Waals surface area contributed by atoms with Gasteiger partial charge in [-0.3, -0.25) is 4.79 Å². The summed E-state index contributed by atoms with van der Waals surface area (Å²) in [5, 5.41) is 3.42. The van der Waals surface area contributed by atoms with Crippen LogP contribution >= 0.6 is 0 Å². The van der Waals surface area contributed by atoms with E-state index in [4.69, 9.17) is 0 Å². The minimum Gasteiger partial charge on any atom is -0.315 e. The molecular formula is C21H37NO. The van der Waals surface area contributed by atoms with Crippen LogP contribution in [0.2, 0.25) is 0 Å². The van der Waals surface area contributed by atoms with E-state index in [1.165, 1.54) is 18.4 Å². The van der Waals surface area contributed by atoms with E-state index < -0.39 is 0 Å². The molecule has 1 aliphatic carbocycles. The molecule has 2 heteroatoms. The molecule has 0 aromatic heterocycles. The van der Waals surface area contributed by atoms with Crippen molar-refractivity contribution < 1.29 is 4.79 Å². The molecule has 0 bridgehead atoms. The van der Waals surface area contributed by atoms with Crippen LogP contribution in [0.15, 0.2) is 24.3 Å². The van der Waals surface area contributed by atoms with Gasteiger partial charge in [-0.2, -0.15) is 0 Å². The van der Waals surface area contributed by atoms with E-state index in [2.05, 4.69) is 57.3 Å². The molecule has 132 valence electrons. The fourth-order valence-electron chi connectivity index (χ4n) is 2.05. The highest BCUT2D eigenvalue weighted by atomic mass is 16.1. The van der Waals surface area contributed by atoms with E-state index in [1.807, 2.05) is 13.8 Å². The number of carbonyl (C=O) groups is 1. The van der Waals surface area contributed by atoms with Crippen LogP contribution in [0.3, 0.4) is 0 Å². The average Bonchev–Trinajstić information content (AvgIpc) is 3.30. The molecule has 1 saturated carbocycles. The number of ketones is 1. The van der Waals surface area contributed by atoms with Crippen LogP contribution in [0.25, 0.3) is 0 Å². The summed E-state index contributed by atoms with van der Waals surface area (Å²) in [5.74, 6) is 1.95. The molecule has 1 aliphatic rings. The van der Waals surface area contributed by atoms with Crippen LogP contribution < -0.4 is 5.32 Å². The van der Waals surface area contributed by atoms with Gasteiger partial charge >= 0.3 is 0 Å². The Morgan fingerprint density at radius 1 is 1.13 bits per heavy atom. The van der Waals surface area contributed by atoms with Gasteiger partial charge in [0.2, 0.25) is 0 Å². The Hall–Kier alpha value is -1.15. The number of nitrogens with one attached hydrogen (secondary N) is 1. The summed E-state index contributed by atoms with van der Waals surface area (Å²) in [4.78, 5) is 11.7. The Labute approximate surface area is 144 Å². The summed E-state index contributed by atoms with van der Waals surface area (Å²) in [7, 11) is 0. The first-order chi connectivity index (χ1) is 10.9. The van der Waals surface area contributed by atoms with Crippen molar-refractivity contribution in [2.45, 2.75) is 67.2 Å². The summed E-state index contributed by atoms with van der Waals surface area (Å²) in [6, 6.07) is 8.29. The first-order valence-electron chi connectivity index (χ1n) is 9.17. The minimum atomic E-state index is 0.00866. The molecule has 0 amide bonds. The zero-order valence-corrected chi connectivity index (χ0v) is 16.3. The molecule has 0 spiro atoms. The summed E-state index contributed by atoms with van der Waals surface area (Å²) in [5.41, 5.74) is 2.37. The van der Waals surface area contributed by atoms with E-state index in [-0.39, 0.29) is 11.7 Å². The number of rotatable bonds is 6. The van der Waals surface area contributed by atoms with Gasteiger partial charge in [0.25, 0.3) is 0 Å². The highest BCUT2D eigenvalue weighted by Crippen LogP contribution is 2.27. The second-order valence-corrected chi connectivity index (χ2v) is 6.91. The van der Waals surface area contributed by atoms with Crippen LogP contribution in [-0.4, -0.2) is 18.9 Å². The SMILES string of the molecule is CC.CC(=O)C(CNCC1CC1)c1ccc(C)cc1.CC(C)C. The summed E-state index contributed by atoms with van der Waals surface area (Å²) >= 11 is 0. The van der Waals surface area contributed by atoms with E-state index in [0.717, 1.165) is 30.5 Å². The molecule has 1 N–H and O–H groups in total. The molecule has 2 rings (SSSR count). The van der Waals surface area contributed by atoms with Gasteiger partial charge in [0.05, 0.1) is 5.92 Å². The lowest BCUT2D eigenvalue weighted by Crippen LogP contribution is -2.27. The van der Waals surface area contributed by atoms with Crippen molar-refractivity contribution in [1.82, 2.24) is 5.32 Å². The fraction of sp³-hybridized carbons (Fsp3) is 0.667. The molecule has 2 nitrogen and oxygen atoms in total. The number of aryl methyl sites for hydroxylation is 1. The van der Waals surface area contributed by atoms with Crippen LogP contribution in [0.5, 0.6) is 0 Å². The van der Waals surface area contributed by atoms with Crippen molar-refractivity contribution in [3.05, 3.63) is 35.4 Å². The van der Waals surface area contributed by atoms with E-state index >= 15 is 0 Å². The van der Waals surface area contributed by atoms with Gasteiger partial charge < -0.3 is 5.32 Å². The fourth-order valence-corrected chi connectivity index (χ4v) is 2.05. The Balaban J connectivity index is 0.000000705. The lowest BCUT2D eigenvalue weighted by Gasteiger charge is -2.15. The molecule has 1 aromatic rings. The largest absolute Gasteiger partial charge is 0.315 e. The second-order valence-electron chi connectivity index (χ2n) is 6.91. The monoisotopic (exact) mass is 319 g/mol. The van der Waals surface area contributed by atoms with Gasteiger partial charge in [-0.25, -0.2) is 0 Å². The van der Waals surface area contributed by atoms with E-state index in [9.17, 15) is 4.79 Å². The number of benzene rings is 1. The predicted octanol–water partition coefficient (Wildman–Crippen LogP) is 5.36. The second kappa shape index (κ2) is 12.3. The molecule has 0 heterocycles. The first kappa shape index (κ1) is 21.9. The Morgan fingerprint density at radius 2 is 1.61 bits per heavy atom. The normalized spacial score (nSPS) is 14.3. The standard InChI is InChI=1S/C15H21NO.C4H10.C2H6/c1-11-3-7-14(8-4-11)15(12(2)17)10-16-9-13-5-6-13;1-4(2)3;1-2/h3-4,7-8,13,15-16H,5-6,9-10H2,1-2H3;4H,1-3H3;1-2H3. The van der Waals surface area contributed by atoms with Crippen molar-refractivity contribution in [1.29, 1.82) is 0 Å². The maximum absolute atomic E-state index is 11.7. The van der Waals surface area contributed by atoms with Crippen LogP contribution in [0, 0.1) is 18.8 Å². The molecule has 0 saturated heterocycles. The highest BCUT2D eigenvalue weighted by Gasteiger charge is 2.22. The van der Waals surface area contributed by atoms with Crippen molar-refractivity contribution in [2.75, 3.05) is 13.1 Å². The third-order valence-electron chi connectivity index (χ3n) is 3.45. The van der Waals surface area contributed by atoms with Crippen molar-refractivity contribution in [3.8, 4) is 0 Å². The highest BCUT2D eigenvalue weighted by molar-refractivity contribution is 5.83. The van der Waals surface area contributed by atoms with Gasteiger partial charge in [-0.05, 0) is 50.6 Å². The molecule has 0 radical (unpaired) electrons. The summed E-state index contributed by atoms with van der Waals surface area (Å²) in [6.45, 7) is 16.1. The van der Waals surface area contributed by atoms with Gasteiger partial charge in [-0.15, -0.1) is 0 Å². The van der Waals surface area contributed by atoms with E-state index in [1.54, 1.807) is 6.92 Å². The van der Waals surface area contributed by atoms with Gasteiger partial charge in [0.1, 0.15) is 5.78 Å². The minimum absolute atomic E-state index is 0.00866. The van der Waals surface area contributed by atoms with Gasteiger partial charge in [0, 0.05) is 6.54 Å². The topological polar surface area (TPSA) is 29.1 Å². The number of hydrogen-bond acceptors (Lipinski definition) is 2. The number of hydrogen-bond donors (Lipinski definition) is 1. The van der Waals surface area contributed by atoms with Crippen molar-refractivity contribution >= 4 is 5.78 Å². The predicted molar refractivity (Wildman–Crippen MR) is 102 cm³/mol. The summed E-state index contributed by atoms with van der Waals surface area (Å²) in [6.07, 6.45) is 2.70. The van der Waals surface area contributed by atoms with Gasteiger partial charge in [0.15, 0.2) is 0 Å². The zero-order chi connectivity index (χ0) is 17.8. The third kappa shape index (κ3) is 11.1. The summed E-state index contributed by atoms with van der Waals surface area (Å²) < 4.78 is 0. The molecule has 1 aromatic carbocycles. The Morgan fingerprint density at radius 3 is 2.00 bits per heavy atom. The molecule has 1 atom stereocenters. The number of Topliss-reactive ketones (excluding diaryl/α,β-unsaturated/α-hetero) is 1. The first-order valence-corrected chi connectivity index (χ1v) is 9.17. The average molecular weight is 320 g/mol. The molecular weight excluding hydrogens is 282 g/mol. The van der Waals surface area contributed by atoms with Crippen molar-refractivity contribution in [3.63, 3.8) is 0 Å². The third-order valence-corrected chi connectivity index (χ3v) is 3.45. The maximum atomic E-state index is 11.7. The maximum Gasteiger partial charge on any atom is 0.138 e. The molecule has 1 fully saturated rings.